The van der Waals surface area contributed by atoms with Gasteiger partial charge in [0.25, 0.3) is 0 Å². The summed E-state index contributed by atoms with van der Waals surface area (Å²) in [4.78, 5) is 0. The maximum absolute atomic E-state index is 9.80. The van der Waals surface area contributed by atoms with Crippen LogP contribution in [0.25, 0.3) is 0 Å². The standard InChI is InChI=1S/C11H18O/c1-8-4-3-6-11(2)7-5-9(12)10(8)11/h9-10,12H,1,3-7H2,2H3/t9-,10+,11-/m0/s1. The highest BCUT2D eigenvalue weighted by Gasteiger charge is 2.46. The first-order valence-electron chi connectivity index (χ1n) is 4.99. The SMILES string of the molecule is C=C1CCC[C@@]2(C)CC[C@H](O)[C@@H]12. The molecule has 2 aliphatic carbocycles. The van der Waals surface area contributed by atoms with E-state index in [2.05, 4.69) is 13.5 Å². The lowest BCUT2D eigenvalue weighted by Gasteiger charge is -2.38. The molecule has 0 amide bonds. The van der Waals surface area contributed by atoms with Crippen molar-refractivity contribution in [1.82, 2.24) is 0 Å². The van der Waals surface area contributed by atoms with E-state index in [9.17, 15) is 5.11 Å². The zero-order valence-electron chi connectivity index (χ0n) is 7.84. The van der Waals surface area contributed by atoms with E-state index in [4.69, 9.17) is 0 Å². The Kier molecular flexibility index (Phi) is 1.80. The van der Waals surface area contributed by atoms with Crippen LogP contribution in [0.2, 0.25) is 0 Å². The maximum Gasteiger partial charge on any atom is 0.0610 e. The molecule has 0 unspecified atom stereocenters. The van der Waals surface area contributed by atoms with Gasteiger partial charge in [-0.25, -0.2) is 0 Å². The first-order valence-corrected chi connectivity index (χ1v) is 4.99. The molecule has 0 spiro atoms. The molecule has 0 saturated heterocycles. The molecule has 2 fully saturated rings. The van der Waals surface area contributed by atoms with Crippen LogP contribution >= 0.6 is 0 Å². The Balaban J connectivity index is 2.26. The molecule has 0 radical (unpaired) electrons. The van der Waals surface area contributed by atoms with Crippen LogP contribution in [0.5, 0.6) is 0 Å². The van der Waals surface area contributed by atoms with E-state index in [0.717, 1.165) is 12.8 Å². The number of aliphatic hydroxyl groups excluding tert-OH is 1. The summed E-state index contributed by atoms with van der Waals surface area (Å²) < 4.78 is 0. The van der Waals surface area contributed by atoms with Crippen molar-refractivity contribution in [2.45, 2.75) is 45.1 Å². The Morgan fingerprint density at radius 1 is 1.50 bits per heavy atom. The van der Waals surface area contributed by atoms with Crippen LogP contribution in [0.4, 0.5) is 0 Å². The van der Waals surface area contributed by atoms with Gasteiger partial charge >= 0.3 is 0 Å². The van der Waals surface area contributed by atoms with E-state index in [-0.39, 0.29) is 6.10 Å². The zero-order valence-corrected chi connectivity index (χ0v) is 7.84. The third-order valence-corrected chi connectivity index (χ3v) is 3.83. The van der Waals surface area contributed by atoms with Gasteiger partial charge in [0.15, 0.2) is 0 Å². The topological polar surface area (TPSA) is 20.2 Å². The lowest BCUT2D eigenvalue weighted by Crippen LogP contribution is -2.32. The third-order valence-electron chi connectivity index (χ3n) is 3.83. The summed E-state index contributed by atoms with van der Waals surface area (Å²) in [5, 5.41) is 9.80. The van der Waals surface area contributed by atoms with Gasteiger partial charge in [-0.15, -0.1) is 0 Å². The Morgan fingerprint density at radius 2 is 2.25 bits per heavy atom. The second kappa shape index (κ2) is 2.59. The van der Waals surface area contributed by atoms with E-state index in [1.165, 1.54) is 24.8 Å². The molecule has 0 aromatic rings. The molecule has 0 aromatic carbocycles. The molecule has 68 valence electrons. The first kappa shape index (κ1) is 8.31. The molecule has 1 nitrogen and oxygen atoms in total. The Hall–Kier alpha value is -0.300. The van der Waals surface area contributed by atoms with Crippen molar-refractivity contribution in [3.05, 3.63) is 12.2 Å². The Bertz CT molecular complexity index is 205. The summed E-state index contributed by atoms with van der Waals surface area (Å²) in [6, 6.07) is 0. The summed E-state index contributed by atoms with van der Waals surface area (Å²) in [6.45, 7) is 6.41. The molecule has 2 aliphatic rings. The van der Waals surface area contributed by atoms with Gasteiger partial charge in [-0.2, -0.15) is 0 Å². The molecule has 2 saturated carbocycles. The van der Waals surface area contributed by atoms with Crippen molar-refractivity contribution in [3.8, 4) is 0 Å². The van der Waals surface area contributed by atoms with E-state index >= 15 is 0 Å². The number of hydrogen-bond donors (Lipinski definition) is 1. The number of rotatable bonds is 0. The quantitative estimate of drug-likeness (QED) is 0.548. The van der Waals surface area contributed by atoms with Crippen LogP contribution in [0.3, 0.4) is 0 Å². The normalized spacial score (nSPS) is 47.7. The van der Waals surface area contributed by atoms with Crippen molar-refractivity contribution < 1.29 is 5.11 Å². The molecule has 12 heavy (non-hydrogen) atoms. The molecule has 3 atom stereocenters. The van der Waals surface area contributed by atoms with Crippen LogP contribution in [-0.4, -0.2) is 11.2 Å². The van der Waals surface area contributed by atoms with Crippen molar-refractivity contribution in [1.29, 1.82) is 0 Å². The summed E-state index contributed by atoms with van der Waals surface area (Å²) in [5.74, 6) is 0.409. The Morgan fingerprint density at radius 3 is 2.92 bits per heavy atom. The number of aliphatic hydroxyl groups is 1. The van der Waals surface area contributed by atoms with Crippen molar-refractivity contribution >= 4 is 0 Å². The fourth-order valence-corrected chi connectivity index (χ4v) is 3.18. The van der Waals surface area contributed by atoms with Crippen LogP contribution in [0.15, 0.2) is 12.2 Å². The minimum absolute atomic E-state index is 0.0946. The molecule has 0 bridgehead atoms. The van der Waals surface area contributed by atoms with Crippen molar-refractivity contribution in [2.75, 3.05) is 0 Å². The van der Waals surface area contributed by atoms with Gasteiger partial charge in [0, 0.05) is 5.92 Å². The molecular weight excluding hydrogens is 148 g/mol. The summed E-state index contributed by atoms with van der Waals surface area (Å²) in [5.41, 5.74) is 1.68. The molecule has 0 aromatic heterocycles. The lowest BCUT2D eigenvalue weighted by atomic mass is 9.67. The van der Waals surface area contributed by atoms with Gasteiger partial charge in [-0.3, -0.25) is 0 Å². The fourth-order valence-electron chi connectivity index (χ4n) is 3.18. The fraction of sp³-hybridized carbons (Fsp3) is 0.818. The summed E-state index contributed by atoms with van der Waals surface area (Å²) >= 11 is 0. The highest BCUT2D eigenvalue weighted by molar-refractivity contribution is 5.15. The van der Waals surface area contributed by atoms with Crippen molar-refractivity contribution in [2.24, 2.45) is 11.3 Å². The van der Waals surface area contributed by atoms with E-state index in [1.54, 1.807) is 0 Å². The van der Waals surface area contributed by atoms with Crippen molar-refractivity contribution in [3.63, 3.8) is 0 Å². The number of fused-ring (bicyclic) bond motifs is 1. The third kappa shape index (κ3) is 1.03. The lowest BCUT2D eigenvalue weighted by molar-refractivity contribution is 0.0893. The molecule has 1 N–H and O–H groups in total. The zero-order chi connectivity index (χ0) is 8.77. The molecule has 1 heteroatoms. The molecule has 0 heterocycles. The average molecular weight is 166 g/mol. The summed E-state index contributed by atoms with van der Waals surface area (Å²) in [6.07, 6.45) is 5.78. The van der Waals surface area contributed by atoms with Gasteiger partial charge in [-0.05, 0) is 37.5 Å². The predicted octanol–water partition coefficient (Wildman–Crippen LogP) is 2.50. The smallest absolute Gasteiger partial charge is 0.0610 e. The highest BCUT2D eigenvalue weighted by Crippen LogP contribution is 2.53. The van der Waals surface area contributed by atoms with E-state index in [0.29, 0.717) is 11.3 Å². The molecule has 0 aliphatic heterocycles. The van der Waals surface area contributed by atoms with Gasteiger partial charge in [0.05, 0.1) is 6.10 Å². The number of hydrogen-bond acceptors (Lipinski definition) is 1. The maximum atomic E-state index is 9.80. The van der Waals surface area contributed by atoms with Gasteiger partial charge in [0.1, 0.15) is 0 Å². The monoisotopic (exact) mass is 166 g/mol. The van der Waals surface area contributed by atoms with Crippen LogP contribution in [-0.2, 0) is 0 Å². The highest BCUT2D eigenvalue weighted by atomic mass is 16.3. The average Bonchev–Trinajstić information content (AvgIpc) is 2.29. The van der Waals surface area contributed by atoms with Gasteiger partial charge < -0.3 is 5.11 Å². The van der Waals surface area contributed by atoms with Gasteiger partial charge in [0.2, 0.25) is 0 Å². The van der Waals surface area contributed by atoms with Crippen LogP contribution in [0.1, 0.15) is 39.0 Å². The van der Waals surface area contributed by atoms with E-state index in [1.807, 2.05) is 0 Å². The summed E-state index contributed by atoms with van der Waals surface area (Å²) in [7, 11) is 0. The first-order chi connectivity index (χ1) is 5.63. The second-order valence-electron chi connectivity index (χ2n) is 4.75. The van der Waals surface area contributed by atoms with Crippen LogP contribution in [0, 0.1) is 11.3 Å². The van der Waals surface area contributed by atoms with Crippen LogP contribution < -0.4 is 0 Å². The Labute approximate surface area is 74.5 Å². The second-order valence-corrected chi connectivity index (χ2v) is 4.75. The van der Waals surface area contributed by atoms with E-state index < -0.39 is 0 Å². The van der Waals surface area contributed by atoms with Gasteiger partial charge in [-0.1, -0.05) is 19.1 Å². The largest absolute Gasteiger partial charge is 0.392 e. The minimum atomic E-state index is -0.0946. The molecular formula is C11H18O. The molecule has 2 rings (SSSR count). The minimum Gasteiger partial charge on any atom is -0.392 e. The predicted molar refractivity (Wildman–Crippen MR) is 49.8 cm³/mol.